The van der Waals surface area contributed by atoms with Crippen LogP contribution in [0, 0.1) is 5.92 Å². The molecule has 17 heavy (non-hydrogen) atoms. The Morgan fingerprint density at radius 2 is 2.24 bits per heavy atom. The average molecular weight is 243 g/mol. The number of carbonyl (C=O) groups is 1. The molecule has 1 fully saturated rings. The molecule has 0 saturated carbocycles. The molecule has 0 spiro atoms. The van der Waals surface area contributed by atoms with Crippen molar-refractivity contribution < 1.29 is 14.6 Å². The van der Waals surface area contributed by atoms with Gasteiger partial charge in [0, 0.05) is 0 Å². The minimum absolute atomic E-state index is 0.0784. The Kier molecular flexibility index (Phi) is 5.40. The van der Waals surface area contributed by atoms with Crippen molar-refractivity contribution in [3.8, 4) is 0 Å². The summed E-state index contributed by atoms with van der Waals surface area (Å²) in [5, 5.41) is 9.18. The van der Waals surface area contributed by atoms with E-state index in [0.717, 1.165) is 25.7 Å². The van der Waals surface area contributed by atoms with E-state index in [1.54, 1.807) is 0 Å². The van der Waals surface area contributed by atoms with Gasteiger partial charge in [0.1, 0.15) is 0 Å². The van der Waals surface area contributed by atoms with Crippen LogP contribution in [0.1, 0.15) is 52.4 Å². The minimum atomic E-state index is -0.699. The molecule has 2 unspecified atom stereocenters. The van der Waals surface area contributed by atoms with E-state index < -0.39 is 5.97 Å². The van der Waals surface area contributed by atoms with E-state index in [4.69, 9.17) is 10.5 Å². The normalized spacial score (nSPS) is 24.8. The number of nitrogens with two attached hydrogens (primary N) is 1. The van der Waals surface area contributed by atoms with E-state index in [9.17, 15) is 9.90 Å². The Hall–Kier alpha value is -0.610. The molecule has 100 valence electrons. The molecule has 4 nitrogen and oxygen atoms in total. The first-order valence-corrected chi connectivity index (χ1v) is 6.55. The van der Waals surface area contributed by atoms with E-state index in [1.807, 2.05) is 0 Å². The average Bonchev–Trinajstić information content (AvgIpc) is 2.57. The summed E-state index contributed by atoms with van der Waals surface area (Å²) >= 11 is 0. The van der Waals surface area contributed by atoms with E-state index in [-0.39, 0.29) is 17.6 Å². The molecule has 2 atom stereocenters. The number of unbranched alkanes of at least 4 members (excludes halogenated alkanes) is 1. The maximum absolute atomic E-state index is 11.2. The molecule has 1 saturated heterocycles. The largest absolute Gasteiger partial charge is 0.481 e. The first-order chi connectivity index (χ1) is 7.94. The quantitative estimate of drug-likeness (QED) is 0.672. The molecule has 1 rings (SSSR count). The molecule has 1 heterocycles. The molecule has 0 bridgehead atoms. The van der Waals surface area contributed by atoms with Crippen LogP contribution in [0.25, 0.3) is 0 Å². The first kappa shape index (κ1) is 14.5. The van der Waals surface area contributed by atoms with Crippen molar-refractivity contribution in [3.05, 3.63) is 0 Å². The Bertz CT molecular complexity index is 253. The fraction of sp³-hybridized carbons (Fsp3) is 0.923. The zero-order chi connectivity index (χ0) is 12.9. The van der Waals surface area contributed by atoms with E-state index in [2.05, 4.69) is 13.8 Å². The second kappa shape index (κ2) is 6.36. The Morgan fingerprint density at radius 1 is 1.53 bits per heavy atom. The fourth-order valence-corrected chi connectivity index (χ4v) is 2.44. The van der Waals surface area contributed by atoms with Crippen LogP contribution in [0.15, 0.2) is 0 Å². The third kappa shape index (κ3) is 5.04. The van der Waals surface area contributed by atoms with Crippen LogP contribution in [0.4, 0.5) is 0 Å². The molecule has 3 N–H and O–H groups in total. The molecule has 4 heteroatoms. The van der Waals surface area contributed by atoms with Crippen molar-refractivity contribution >= 4 is 5.97 Å². The van der Waals surface area contributed by atoms with Crippen molar-refractivity contribution in [2.45, 2.75) is 64.1 Å². The number of rotatable bonds is 7. The number of ether oxygens (including phenoxy) is 1. The highest BCUT2D eigenvalue weighted by Gasteiger charge is 2.34. The van der Waals surface area contributed by atoms with Crippen LogP contribution in [0.5, 0.6) is 0 Å². The minimum Gasteiger partial charge on any atom is -0.481 e. The highest BCUT2D eigenvalue weighted by atomic mass is 16.5. The lowest BCUT2D eigenvalue weighted by Gasteiger charge is -2.21. The van der Waals surface area contributed by atoms with Crippen molar-refractivity contribution in [2.75, 3.05) is 6.54 Å². The SMILES string of the molecule is CC1(C)CCC(CC(CCCCN)C(=O)O)O1. The molecule has 0 aromatic heterocycles. The van der Waals surface area contributed by atoms with Gasteiger partial charge in [0.2, 0.25) is 0 Å². The van der Waals surface area contributed by atoms with Crippen LogP contribution >= 0.6 is 0 Å². The molecule has 0 aliphatic carbocycles. The van der Waals surface area contributed by atoms with Crippen LogP contribution in [-0.2, 0) is 9.53 Å². The standard InChI is InChI=1S/C13H25NO3/c1-13(2)7-6-11(17-13)9-10(12(15)16)5-3-4-8-14/h10-11H,3-9,14H2,1-2H3,(H,15,16). The summed E-state index contributed by atoms with van der Waals surface area (Å²) in [5.74, 6) is -0.976. The lowest BCUT2D eigenvalue weighted by molar-refractivity contribution is -0.144. The summed E-state index contributed by atoms with van der Waals surface area (Å²) in [7, 11) is 0. The zero-order valence-corrected chi connectivity index (χ0v) is 10.9. The van der Waals surface area contributed by atoms with Crippen molar-refractivity contribution in [2.24, 2.45) is 11.7 Å². The van der Waals surface area contributed by atoms with Gasteiger partial charge in [0.25, 0.3) is 0 Å². The van der Waals surface area contributed by atoms with Crippen LogP contribution < -0.4 is 5.73 Å². The topological polar surface area (TPSA) is 72.6 Å². The van der Waals surface area contributed by atoms with Crippen molar-refractivity contribution in [3.63, 3.8) is 0 Å². The van der Waals surface area contributed by atoms with Gasteiger partial charge >= 0.3 is 5.97 Å². The molecule has 0 aromatic carbocycles. The second-order valence-electron chi connectivity index (χ2n) is 5.59. The highest BCUT2D eigenvalue weighted by molar-refractivity contribution is 5.69. The fourth-order valence-electron chi connectivity index (χ4n) is 2.44. The van der Waals surface area contributed by atoms with Crippen LogP contribution in [0.3, 0.4) is 0 Å². The smallest absolute Gasteiger partial charge is 0.306 e. The number of aliphatic carboxylic acids is 1. The van der Waals surface area contributed by atoms with Gasteiger partial charge in [-0.05, 0) is 52.5 Å². The Labute approximate surface area is 104 Å². The van der Waals surface area contributed by atoms with Gasteiger partial charge in [-0.2, -0.15) is 0 Å². The molecular formula is C13H25NO3. The van der Waals surface area contributed by atoms with Gasteiger partial charge in [0.15, 0.2) is 0 Å². The zero-order valence-electron chi connectivity index (χ0n) is 10.9. The number of carboxylic acids is 1. The third-order valence-electron chi connectivity index (χ3n) is 3.46. The molecule has 1 aliphatic rings. The van der Waals surface area contributed by atoms with Gasteiger partial charge < -0.3 is 15.6 Å². The molecule has 1 aliphatic heterocycles. The summed E-state index contributed by atoms with van der Waals surface area (Å²) in [4.78, 5) is 11.2. The Balaban J connectivity index is 2.36. The number of hydrogen-bond donors (Lipinski definition) is 2. The highest BCUT2D eigenvalue weighted by Crippen LogP contribution is 2.33. The first-order valence-electron chi connectivity index (χ1n) is 6.55. The van der Waals surface area contributed by atoms with Gasteiger partial charge in [-0.3, -0.25) is 4.79 Å². The predicted octanol–water partition coefficient (Wildman–Crippen LogP) is 2.16. The third-order valence-corrected chi connectivity index (χ3v) is 3.46. The van der Waals surface area contributed by atoms with E-state index >= 15 is 0 Å². The van der Waals surface area contributed by atoms with Crippen molar-refractivity contribution in [1.82, 2.24) is 0 Å². The van der Waals surface area contributed by atoms with E-state index in [0.29, 0.717) is 19.4 Å². The molecular weight excluding hydrogens is 218 g/mol. The monoisotopic (exact) mass is 243 g/mol. The second-order valence-corrected chi connectivity index (χ2v) is 5.59. The van der Waals surface area contributed by atoms with Gasteiger partial charge in [-0.25, -0.2) is 0 Å². The summed E-state index contributed by atoms with van der Waals surface area (Å²) in [6.45, 7) is 4.77. The lowest BCUT2D eigenvalue weighted by atomic mass is 9.94. The maximum atomic E-state index is 11.2. The summed E-state index contributed by atoms with van der Waals surface area (Å²) in [5.41, 5.74) is 5.34. The lowest BCUT2D eigenvalue weighted by Crippen LogP contribution is -2.24. The molecule has 0 aromatic rings. The maximum Gasteiger partial charge on any atom is 0.306 e. The predicted molar refractivity (Wildman–Crippen MR) is 66.8 cm³/mol. The van der Waals surface area contributed by atoms with Crippen molar-refractivity contribution in [1.29, 1.82) is 0 Å². The number of hydrogen-bond acceptors (Lipinski definition) is 3. The van der Waals surface area contributed by atoms with E-state index in [1.165, 1.54) is 0 Å². The van der Waals surface area contributed by atoms with Crippen LogP contribution in [0.2, 0.25) is 0 Å². The van der Waals surface area contributed by atoms with Gasteiger partial charge in [-0.1, -0.05) is 6.42 Å². The number of carboxylic acid groups (broad SMARTS) is 1. The van der Waals surface area contributed by atoms with Gasteiger partial charge in [0.05, 0.1) is 17.6 Å². The summed E-state index contributed by atoms with van der Waals surface area (Å²) in [6, 6.07) is 0. The molecule has 0 radical (unpaired) electrons. The summed E-state index contributed by atoms with van der Waals surface area (Å²) in [6.07, 6.45) is 5.27. The Morgan fingerprint density at radius 3 is 2.71 bits per heavy atom. The summed E-state index contributed by atoms with van der Waals surface area (Å²) < 4.78 is 5.85. The van der Waals surface area contributed by atoms with Gasteiger partial charge in [-0.15, -0.1) is 0 Å². The molecule has 0 amide bonds. The van der Waals surface area contributed by atoms with Crippen LogP contribution in [-0.4, -0.2) is 29.3 Å².